The van der Waals surface area contributed by atoms with Gasteiger partial charge in [-0.1, -0.05) is 19.3 Å². The van der Waals surface area contributed by atoms with Crippen molar-refractivity contribution in [1.82, 2.24) is 9.78 Å². The Balaban J connectivity index is 1.99. The van der Waals surface area contributed by atoms with Crippen molar-refractivity contribution in [2.24, 2.45) is 0 Å². The third-order valence-electron chi connectivity index (χ3n) is 4.05. The Morgan fingerprint density at radius 3 is 2.77 bits per heavy atom. The molecule has 2 aromatic rings. The van der Waals surface area contributed by atoms with E-state index in [1.165, 1.54) is 29.7 Å². The molecule has 22 heavy (non-hydrogen) atoms. The van der Waals surface area contributed by atoms with Gasteiger partial charge in [0.25, 0.3) is 0 Å². The highest BCUT2D eigenvalue weighted by molar-refractivity contribution is 7.13. The van der Waals surface area contributed by atoms with Crippen LogP contribution in [0, 0.1) is 6.92 Å². The number of hydrogen-bond donors (Lipinski definition) is 1. The van der Waals surface area contributed by atoms with Gasteiger partial charge >= 0.3 is 5.97 Å². The molecule has 1 saturated carbocycles. The molecule has 3 rings (SSSR count). The molecule has 1 fully saturated rings. The van der Waals surface area contributed by atoms with Crippen molar-refractivity contribution in [2.75, 3.05) is 0 Å². The molecule has 2 aromatic heterocycles. The largest absolute Gasteiger partial charge is 0.478 e. The fourth-order valence-electron chi connectivity index (χ4n) is 3.01. The number of rotatable bonds is 4. The van der Waals surface area contributed by atoms with Gasteiger partial charge in [0.05, 0.1) is 22.3 Å². The molecule has 0 aromatic carbocycles. The number of aryl methyl sites for hydroxylation is 1. The van der Waals surface area contributed by atoms with Gasteiger partial charge in [-0.2, -0.15) is 5.10 Å². The number of carbonyl (C=O) groups is 1. The van der Waals surface area contributed by atoms with Gasteiger partial charge in [0.15, 0.2) is 0 Å². The highest BCUT2D eigenvalue weighted by Gasteiger charge is 2.21. The minimum absolute atomic E-state index is 0.429. The number of aliphatic carboxylic acids is 1. The summed E-state index contributed by atoms with van der Waals surface area (Å²) in [5.74, 6) is -0.944. The van der Waals surface area contributed by atoms with Crippen LogP contribution >= 0.6 is 11.3 Å². The molecule has 0 spiro atoms. The van der Waals surface area contributed by atoms with Crippen molar-refractivity contribution in [3.8, 4) is 10.6 Å². The average Bonchev–Trinajstić information content (AvgIpc) is 3.12. The summed E-state index contributed by atoms with van der Waals surface area (Å²) >= 11 is 1.72. The highest BCUT2D eigenvalue weighted by atomic mass is 32.1. The molecule has 0 bridgehead atoms. The zero-order chi connectivity index (χ0) is 15.5. The summed E-state index contributed by atoms with van der Waals surface area (Å²) in [7, 11) is 0. The topological polar surface area (TPSA) is 55.1 Å². The Kier molecular flexibility index (Phi) is 4.43. The molecule has 1 aliphatic rings. The molecule has 0 amide bonds. The molecule has 2 heterocycles. The first kappa shape index (κ1) is 15.0. The molecular formula is C17H20N2O2S. The lowest BCUT2D eigenvalue weighted by molar-refractivity contribution is -0.131. The third-order valence-corrected chi connectivity index (χ3v) is 5.13. The van der Waals surface area contributed by atoms with E-state index >= 15 is 0 Å². The Hall–Kier alpha value is -1.88. The predicted octanol–water partition coefficient (Wildman–Crippen LogP) is 4.52. The standard InChI is InChI=1S/C17H20N2O2S/c1-12-9-16(22-11-12)15-10-13(7-8-17(20)21)18-19(15)14-5-3-2-4-6-14/h7-11,14H,2-6H2,1H3,(H,20,21). The molecular weight excluding hydrogens is 296 g/mol. The van der Waals surface area contributed by atoms with Gasteiger partial charge in [-0.05, 0) is 48.9 Å². The lowest BCUT2D eigenvalue weighted by Crippen LogP contribution is -2.15. The maximum Gasteiger partial charge on any atom is 0.328 e. The molecule has 1 N–H and O–H groups in total. The van der Waals surface area contributed by atoms with Gasteiger partial charge in [-0.3, -0.25) is 4.68 Å². The van der Waals surface area contributed by atoms with Crippen LogP contribution in [0.4, 0.5) is 0 Å². The fraction of sp³-hybridized carbons (Fsp3) is 0.412. The van der Waals surface area contributed by atoms with E-state index < -0.39 is 5.97 Å². The monoisotopic (exact) mass is 316 g/mol. The lowest BCUT2D eigenvalue weighted by Gasteiger charge is -2.23. The van der Waals surface area contributed by atoms with Gasteiger partial charge in [0.2, 0.25) is 0 Å². The van der Waals surface area contributed by atoms with Gasteiger partial charge in [0, 0.05) is 6.08 Å². The van der Waals surface area contributed by atoms with Crippen molar-refractivity contribution < 1.29 is 9.90 Å². The first-order valence-electron chi connectivity index (χ1n) is 7.69. The number of carboxylic acid groups (broad SMARTS) is 1. The van der Waals surface area contributed by atoms with E-state index in [0.29, 0.717) is 11.7 Å². The normalized spacial score (nSPS) is 16.4. The second kappa shape index (κ2) is 6.48. The lowest BCUT2D eigenvalue weighted by atomic mass is 9.95. The van der Waals surface area contributed by atoms with Crippen LogP contribution in [-0.2, 0) is 4.79 Å². The quantitative estimate of drug-likeness (QED) is 0.844. The molecule has 0 unspecified atom stereocenters. The summed E-state index contributed by atoms with van der Waals surface area (Å²) in [4.78, 5) is 11.9. The molecule has 0 atom stereocenters. The van der Waals surface area contributed by atoms with Gasteiger partial charge in [-0.25, -0.2) is 4.79 Å². The third kappa shape index (κ3) is 3.30. The van der Waals surface area contributed by atoms with E-state index in [1.807, 2.05) is 6.07 Å². The Morgan fingerprint density at radius 1 is 1.36 bits per heavy atom. The summed E-state index contributed by atoms with van der Waals surface area (Å²) in [5, 5.41) is 15.6. The molecule has 1 aliphatic carbocycles. The van der Waals surface area contributed by atoms with Crippen molar-refractivity contribution >= 4 is 23.4 Å². The minimum Gasteiger partial charge on any atom is -0.478 e. The molecule has 5 heteroatoms. The summed E-state index contributed by atoms with van der Waals surface area (Å²) < 4.78 is 2.12. The van der Waals surface area contributed by atoms with Crippen LogP contribution in [0.1, 0.15) is 49.4 Å². The van der Waals surface area contributed by atoms with Crippen LogP contribution in [-0.4, -0.2) is 20.9 Å². The fourth-order valence-corrected chi connectivity index (χ4v) is 3.91. The SMILES string of the molecule is Cc1csc(-c2cc(C=CC(=O)O)nn2C2CCCCC2)c1. The second-order valence-corrected chi connectivity index (χ2v) is 6.76. The van der Waals surface area contributed by atoms with Gasteiger partial charge in [-0.15, -0.1) is 11.3 Å². The van der Waals surface area contributed by atoms with Crippen molar-refractivity contribution in [1.29, 1.82) is 0 Å². The average molecular weight is 316 g/mol. The van der Waals surface area contributed by atoms with Crippen molar-refractivity contribution in [3.63, 3.8) is 0 Å². The summed E-state index contributed by atoms with van der Waals surface area (Å²) in [6.45, 7) is 2.09. The first-order valence-corrected chi connectivity index (χ1v) is 8.57. The Labute approximate surface area is 134 Å². The van der Waals surface area contributed by atoms with Gasteiger partial charge in [0.1, 0.15) is 0 Å². The minimum atomic E-state index is -0.944. The first-order chi connectivity index (χ1) is 10.6. The summed E-state index contributed by atoms with van der Waals surface area (Å²) in [6, 6.07) is 4.60. The van der Waals surface area contributed by atoms with Crippen LogP contribution in [0.25, 0.3) is 16.6 Å². The van der Waals surface area contributed by atoms with Crippen LogP contribution in [0.2, 0.25) is 0 Å². The van der Waals surface area contributed by atoms with Crippen molar-refractivity contribution in [2.45, 2.75) is 45.1 Å². The molecule has 0 radical (unpaired) electrons. The number of carboxylic acids is 1. The Morgan fingerprint density at radius 2 is 2.14 bits per heavy atom. The number of aromatic nitrogens is 2. The predicted molar refractivity (Wildman–Crippen MR) is 89.1 cm³/mol. The number of hydrogen-bond acceptors (Lipinski definition) is 3. The summed E-state index contributed by atoms with van der Waals surface area (Å²) in [6.07, 6.45) is 8.82. The maximum absolute atomic E-state index is 10.7. The zero-order valence-electron chi connectivity index (χ0n) is 12.7. The van der Waals surface area contributed by atoms with Gasteiger partial charge < -0.3 is 5.11 Å². The molecule has 116 valence electrons. The van der Waals surface area contributed by atoms with E-state index in [9.17, 15) is 4.79 Å². The van der Waals surface area contributed by atoms with Crippen LogP contribution in [0.5, 0.6) is 0 Å². The molecule has 0 saturated heterocycles. The van der Waals surface area contributed by atoms with E-state index in [-0.39, 0.29) is 0 Å². The van der Waals surface area contributed by atoms with E-state index in [2.05, 4.69) is 28.2 Å². The summed E-state index contributed by atoms with van der Waals surface area (Å²) in [5.41, 5.74) is 3.07. The van der Waals surface area contributed by atoms with Crippen LogP contribution < -0.4 is 0 Å². The van der Waals surface area contributed by atoms with E-state index in [1.54, 1.807) is 17.4 Å². The Bertz CT molecular complexity index is 693. The molecule has 0 aliphatic heterocycles. The number of nitrogens with zero attached hydrogens (tertiary/aromatic N) is 2. The van der Waals surface area contributed by atoms with E-state index in [0.717, 1.165) is 24.6 Å². The maximum atomic E-state index is 10.7. The second-order valence-electron chi connectivity index (χ2n) is 5.85. The highest BCUT2D eigenvalue weighted by Crippen LogP contribution is 2.35. The van der Waals surface area contributed by atoms with Crippen molar-refractivity contribution in [3.05, 3.63) is 34.8 Å². The molecule has 4 nitrogen and oxygen atoms in total. The number of thiophene rings is 1. The zero-order valence-corrected chi connectivity index (χ0v) is 13.5. The van der Waals surface area contributed by atoms with Crippen LogP contribution in [0.3, 0.4) is 0 Å². The smallest absolute Gasteiger partial charge is 0.328 e. The van der Waals surface area contributed by atoms with E-state index in [4.69, 9.17) is 5.11 Å². The van der Waals surface area contributed by atoms with Crippen LogP contribution in [0.15, 0.2) is 23.6 Å².